The topological polar surface area (TPSA) is 7.76 Å². The van der Waals surface area contributed by atoms with Gasteiger partial charge in [-0.15, -0.1) is 0 Å². The molecule has 0 bridgehead atoms. The monoisotopic (exact) mass is 500 g/mol. The molecule has 2 aromatic heterocycles. The summed E-state index contributed by atoms with van der Waals surface area (Å²) in [7, 11) is 0. The molecule has 2 aliphatic rings. The second-order valence-corrected chi connectivity index (χ2v) is 10.1. The van der Waals surface area contributed by atoms with Crippen molar-refractivity contribution in [2.24, 2.45) is 0 Å². The van der Waals surface area contributed by atoms with E-state index in [4.69, 9.17) is 0 Å². The number of hydrogen-bond donors (Lipinski definition) is 0. The Bertz CT molecular complexity index is 1720. The second kappa shape index (κ2) is 8.84. The van der Waals surface area contributed by atoms with Crippen molar-refractivity contribution in [3.8, 4) is 33.6 Å². The molecular formula is C34H26F2N2+2. The van der Waals surface area contributed by atoms with Crippen molar-refractivity contribution in [2.45, 2.75) is 24.8 Å². The SMILES string of the molecule is C=C1C2C(CCc3c(ccc(F)c3F)-c3c(-c4ccccc4)ccc[n+]31)c1ccccc1-c1cccc[n+]12. The van der Waals surface area contributed by atoms with Crippen LogP contribution in [0.5, 0.6) is 0 Å². The molecule has 0 amide bonds. The van der Waals surface area contributed by atoms with Crippen molar-refractivity contribution in [2.75, 3.05) is 0 Å². The Balaban J connectivity index is 1.56. The number of fused-ring (bicyclic) bond motifs is 9. The number of nitrogens with zero attached hydrogens (tertiary/aromatic N) is 2. The van der Waals surface area contributed by atoms with Crippen molar-refractivity contribution in [1.29, 1.82) is 0 Å². The van der Waals surface area contributed by atoms with Gasteiger partial charge in [0.2, 0.25) is 23.1 Å². The van der Waals surface area contributed by atoms with Gasteiger partial charge in [0.05, 0.1) is 17.0 Å². The van der Waals surface area contributed by atoms with E-state index in [1.807, 2.05) is 42.6 Å². The van der Waals surface area contributed by atoms with Gasteiger partial charge >= 0.3 is 0 Å². The smallest absolute Gasteiger partial charge is 0.204 e. The zero-order valence-electron chi connectivity index (χ0n) is 20.8. The molecular weight excluding hydrogens is 474 g/mol. The maximum Gasteiger partial charge on any atom is 0.249 e. The molecule has 0 spiro atoms. The van der Waals surface area contributed by atoms with Crippen LogP contribution in [0.2, 0.25) is 0 Å². The van der Waals surface area contributed by atoms with Crippen molar-refractivity contribution in [3.05, 3.63) is 139 Å². The molecule has 184 valence electrons. The van der Waals surface area contributed by atoms with Gasteiger partial charge in [-0.3, -0.25) is 0 Å². The number of allylic oxidation sites excluding steroid dienone is 1. The lowest BCUT2D eigenvalue weighted by atomic mass is 9.78. The summed E-state index contributed by atoms with van der Waals surface area (Å²) in [5, 5.41) is 0. The first-order chi connectivity index (χ1) is 18.6. The van der Waals surface area contributed by atoms with E-state index in [0.717, 1.165) is 28.2 Å². The highest BCUT2D eigenvalue weighted by atomic mass is 19.2. The Kier molecular flexibility index (Phi) is 5.29. The maximum atomic E-state index is 15.6. The van der Waals surface area contributed by atoms with Gasteiger partial charge in [0, 0.05) is 29.3 Å². The predicted octanol–water partition coefficient (Wildman–Crippen LogP) is 7.30. The predicted molar refractivity (Wildman–Crippen MR) is 145 cm³/mol. The van der Waals surface area contributed by atoms with Crippen LogP contribution in [-0.2, 0) is 6.42 Å². The molecule has 0 N–H and O–H groups in total. The van der Waals surface area contributed by atoms with E-state index in [1.54, 1.807) is 6.07 Å². The van der Waals surface area contributed by atoms with Gasteiger partial charge in [-0.25, -0.2) is 8.78 Å². The van der Waals surface area contributed by atoms with Crippen LogP contribution in [0.25, 0.3) is 39.3 Å². The van der Waals surface area contributed by atoms with E-state index in [1.165, 1.54) is 17.2 Å². The van der Waals surface area contributed by atoms with Crippen molar-refractivity contribution >= 4 is 5.70 Å². The van der Waals surface area contributed by atoms with Gasteiger partial charge in [0.1, 0.15) is 0 Å². The average molecular weight is 501 g/mol. The third-order valence-electron chi connectivity index (χ3n) is 8.09. The van der Waals surface area contributed by atoms with Crippen LogP contribution in [0.1, 0.15) is 29.5 Å². The molecule has 0 saturated carbocycles. The lowest BCUT2D eigenvalue weighted by molar-refractivity contribution is -0.727. The van der Waals surface area contributed by atoms with E-state index < -0.39 is 11.6 Å². The molecule has 0 fully saturated rings. The summed E-state index contributed by atoms with van der Waals surface area (Å²) in [6.45, 7) is 4.68. The Morgan fingerprint density at radius 2 is 1.47 bits per heavy atom. The minimum Gasteiger partial charge on any atom is -0.204 e. The lowest BCUT2D eigenvalue weighted by Gasteiger charge is -2.29. The fourth-order valence-electron chi connectivity index (χ4n) is 6.43. The molecule has 0 radical (unpaired) electrons. The van der Waals surface area contributed by atoms with Crippen LogP contribution in [-0.4, -0.2) is 0 Å². The van der Waals surface area contributed by atoms with Crippen molar-refractivity contribution in [1.82, 2.24) is 0 Å². The molecule has 2 unspecified atom stereocenters. The van der Waals surface area contributed by atoms with Gasteiger partial charge in [-0.2, -0.15) is 9.13 Å². The Labute approximate surface area is 220 Å². The first-order valence-corrected chi connectivity index (χ1v) is 13.0. The maximum absolute atomic E-state index is 15.6. The summed E-state index contributed by atoms with van der Waals surface area (Å²) in [6, 6.07) is 31.7. The van der Waals surface area contributed by atoms with E-state index in [9.17, 15) is 4.39 Å². The van der Waals surface area contributed by atoms with Crippen LogP contribution >= 0.6 is 0 Å². The molecule has 38 heavy (non-hydrogen) atoms. The summed E-state index contributed by atoms with van der Waals surface area (Å²) in [5.41, 5.74) is 8.32. The third-order valence-corrected chi connectivity index (χ3v) is 8.09. The molecule has 5 aromatic rings. The van der Waals surface area contributed by atoms with Gasteiger partial charge in [-0.1, -0.05) is 48.5 Å². The molecule has 3 aromatic carbocycles. The minimum atomic E-state index is -0.814. The summed E-state index contributed by atoms with van der Waals surface area (Å²) in [6.07, 6.45) is 5.18. The Morgan fingerprint density at radius 1 is 0.711 bits per heavy atom. The minimum absolute atomic E-state index is 0.0351. The summed E-state index contributed by atoms with van der Waals surface area (Å²) in [4.78, 5) is 0. The Hall–Kier alpha value is -4.44. The quantitative estimate of drug-likeness (QED) is 0.214. The molecule has 0 saturated heterocycles. The summed E-state index contributed by atoms with van der Waals surface area (Å²) in [5.74, 6) is -1.54. The Morgan fingerprint density at radius 3 is 2.34 bits per heavy atom. The number of rotatable bonds is 1. The molecule has 2 atom stereocenters. The number of benzene rings is 3. The first kappa shape index (κ1) is 22.7. The fourth-order valence-corrected chi connectivity index (χ4v) is 6.43. The van der Waals surface area contributed by atoms with Crippen LogP contribution in [0, 0.1) is 11.6 Å². The highest BCUT2D eigenvalue weighted by Gasteiger charge is 2.47. The molecule has 4 heterocycles. The number of halogens is 2. The average Bonchev–Trinajstić information content (AvgIpc) is 3.02. The van der Waals surface area contributed by atoms with E-state index in [-0.39, 0.29) is 12.0 Å². The van der Waals surface area contributed by atoms with Gasteiger partial charge in [-0.05, 0) is 60.9 Å². The van der Waals surface area contributed by atoms with Crippen LogP contribution in [0.4, 0.5) is 8.78 Å². The second-order valence-electron chi connectivity index (χ2n) is 10.1. The largest absolute Gasteiger partial charge is 0.249 e. The molecule has 0 aliphatic carbocycles. The fraction of sp³-hybridized carbons (Fsp3) is 0.118. The van der Waals surface area contributed by atoms with Crippen molar-refractivity contribution in [3.63, 3.8) is 0 Å². The van der Waals surface area contributed by atoms with Crippen molar-refractivity contribution < 1.29 is 17.9 Å². The molecule has 2 nitrogen and oxygen atoms in total. The lowest BCUT2D eigenvalue weighted by Crippen LogP contribution is -2.53. The molecule has 2 aliphatic heterocycles. The zero-order chi connectivity index (χ0) is 25.8. The van der Waals surface area contributed by atoms with E-state index in [2.05, 4.69) is 70.4 Å². The van der Waals surface area contributed by atoms with E-state index >= 15 is 4.39 Å². The van der Waals surface area contributed by atoms with Crippen LogP contribution < -0.4 is 9.13 Å². The summed E-state index contributed by atoms with van der Waals surface area (Å²) < 4.78 is 34.7. The molecule has 7 rings (SSSR count). The number of pyridine rings is 2. The van der Waals surface area contributed by atoms with Gasteiger partial charge in [0.25, 0.3) is 0 Å². The normalized spacial score (nSPS) is 17.6. The zero-order valence-corrected chi connectivity index (χ0v) is 20.8. The van der Waals surface area contributed by atoms with Gasteiger partial charge < -0.3 is 0 Å². The van der Waals surface area contributed by atoms with Crippen LogP contribution in [0.3, 0.4) is 0 Å². The van der Waals surface area contributed by atoms with Crippen LogP contribution in [0.15, 0.2) is 116 Å². The molecule has 4 heteroatoms. The van der Waals surface area contributed by atoms with Gasteiger partial charge in [0.15, 0.2) is 24.0 Å². The number of hydrogen-bond acceptors (Lipinski definition) is 0. The number of aromatic nitrogens is 2. The summed E-state index contributed by atoms with van der Waals surface area (Å²) >= 11 is 0. The standard InChI is InChI=1S/C34H26F2N2/c1-22-33-28(25-12-5-6-13-26(25)31-15-7-8-20-38(31)33)17-16-27-29(18-19-30(35)32(27)36)34-24(14-9-21-37(22)34)23-10-3-2-4-11-23/h2-15,18-21,28,33H,1,16-17H2/q+2. The highest BCUT2D eigenvalue weighted by Crippen LogP contribution is 2.45. The first-order valence-electron chi connectivity index (χ1n) is 13.0. The van der Waals surface area contributed by atoms with E-state index in [0.29, 0.717) is 24.0 Å². The third kappa shape index (κ3) is 3.37. The highest BCUT2D eigenvalue weighted by molar-refractivity contribution is 5.81.